The van der Waals surface area contributed by atoms with Crippen LogP contribution in [0.4, 0.5) is 10.9 Å². The number of anilines is 2. The quantitative estimate of drug-likeness (QED) is 0.796. The number of thiazole rings is 1. The first-order chi connectivity index (χ1) is 9.74. The van der Waals surface area contributed by atoms with E-state index in [1.165, 1.54) is 11.3 Å². The van der Waals surface area contributed by atoms with Gasteiger partial charge in [-0.2, -0.15) is 0 Å². The summed E-state index contributed by atoms with van der Waals surface area (Å²) in [5.41, 5.74) is 5.75. The molecular weight excluding hydrogens is 288 g/mol. The Kier molecular flexibility index (Phi) is 4.73. The molecule has 4 N–H and O–H groups in total. The van der Waals surface area contributed by atoms with Gasteiger partial charge in [0.25, 0.3) is 5.91 Å². The highest BCUT2D eigenvalue weighted by Crippen LogP contribution is 2.27. The third-order valence-electron chi connectivity index (χ3n) is 3.16. The lowest BCUT2D eigenvalue weighted by Gasteiger charge is -2.27. The van der Waals surface area contributed by atoms with Gasteiger partial charge >= 0.3 is 0 Å². The molecule has 7 heteroatoms. The predicted molar refractivity (Wildman–Crippen MR) is 85.8 cm³/mol. The van der Waals surface area contributed by atoms with Gasteiger partial charge < -0.3 is 21.1 Å². The van der Waals surface area contributed by atoms with Gasteiger partial charge in [0.05, 0.1) is 6.10 Å². The number of nitrogens with two attached hydrogens (primary N) is 1. The molecule has 0 bridgehead atoms. The number of amides is 1. The van der Waals surface area contributed by atoms with Gasteiger partial charge in [-0.05, 0) is 40.5 Å². The summed E-state index contributed by atoms with van der Waals surface area (Å²) in [6, 6.07) is 0.141. The number of hydrogen-bond donors (Lipinski definition) is 3. The zero-order chi connectivity index (χ0) is 15.6. The molecule has 2 unspecified atom stereocenters. The molecule has 1 aliphatic rings. The van der Waals surface area contributed by atoms with Crippen molar-refractivity contribution in [2.45, 2.75) is 58.2 Å². The molecule has 2 atom stereocenters. The molecular formula is C14H24N4O2S. The topological polar surface area (TPSA) is 89.3 Å². The van der Waals surface area contributed by atoms with Crippen LogP contribution in [-0.4, -0.2) is 35.2 Å². The van der Waals surface area contributed by atoms with E-state index in [0.29, 0.717) is 16.6 Å². The van der Waals surface area contributed by atoms with Crippen molar-refractivity contribution in [3.05, 3.63) is 4.88 Å². The van der Waals surface area contributed by atoms with Gasteiger partial charge in [-0.15, -0.1) is 0 Å². The lowest BCUT2D eigenvalue weighted by Crippen LogP contribution is -2.41. The van der Waals surface area contributed by atoms with Crippen molar-refractivity contribution in [2.24, 2.45) is 0 Å². The average Bonchev–Trinajstić information content (AvgIpc) is 2.67. The summed E-state index contributed by atoms with van der Waals surface area (Å²) in [5, 5.41) is 6.93. The van der Waals surface area contributed by atoms with Crippen molar-refractivity contribution in [3.63, 3.8) is 0 Å². The van der Waals surface area contributed by atoms with E-state index in [9.17, 15) is 4.79 Å². The minimum atomic E-state index is -0.147. The molecule has 0 spiro atoms. The number of nitrogens with zero attached hydrogens (tertiary/aromatic N) is 1. The second-order valence-electron chi connectivity index (χ2n) is 6.48. The molecule has 0 saturated carbocycles. The average molecular weight is 312 g/mol. The van der Waals surface area contributed by atoms with Crippen LogP contribution < -0.4 is 16.4 Å². The molecule has 1 saturated heterocycles. The number of ether oxygens (including phenoxy) is 1. The van der Waals surface area contributed by atoms with Crippen LogP contribution in [0.25, 0.3) is 0 Å². The van der Waals surface area contributed by atoms with Crippen LogP contribution in [-0.2, 0) is 4.74 Å². The fourth-order valence-electron chi connectivity index (χ4n) is 2.25. The third kappa shape index (κ3) is 4.57. The van der Waals surface area contributed by atoms with Gasteiger partial charge in [0.2, 0.25) is 0 Å². The number of aromatic nitrogens is 1. The molecule has 1 aromatic heterocycles. The van der Waals surface area contributed by atoms with E-state index in [0.717, 1.165) is 12.8 Å². The summed E-state index contributed by atoms with van der Waals surface area (Å²) in [7, 11) is 0. The fraction of sp³-hybridized carbons (Fsp3) is 0.714. The molecule has 1 aliphatic heterocycles. The first-order valence-corrected chi connectivity index (χ1v) is 8.03. The number of carbonyl (C=O) groups is 1. The molecule has 2 heterocycles. The summed E-state index contributed by atoms with van der Waals surface area (Å²) in [5.74, 6) is 0.135. The Morgan fingerprint density at radius 1 is 1.48 bits per heavy atom. The molecule has 1 amide bonds. The zero-order valence-corrected chi connectivity index (χ0v) is 13.8. The van der Waals surface area contributed by atoms with Gasteiger partial charge in [0.1, 0.15) is 10.7 Å². The number of rotatable bonds is 3. The summed E-state index contributed by atoms with van der Waals surface area (Å²) in [4.78, 5) is 17.0. The Bertz CT molecular complexity index is 510. The highest BCUT2D eigenvalue weighted by Gasteiger charge is 2.24. The molecule has 2 rings (SSSR count). The molecule has 21 heavy (non-hydrogen) atoms. The number of nitrogens with one attached hydrogen (secondary N) is 2. The van der Waals surface area contributed by atoms with E-state index < -0.39 is 0 Å². The van der Waals surface area contributed by atoms with E-state index in [1.807, 2.05) is 27.7 Å². The first-order valence-electron chi connectivity index (χ1n) is 7.21. The molecule has 0 aliphatic carbocycles. The molecule has 118 valence electrons. The fourth-order valence-corrected chi connectivity index (χ4v) is 3.25. The molecule has 0 radical (unpaired) electrons. The van der Waals surface area contributed by atoms with E-state index >= 15 is 0 Å². The molecule has 0 aromatic carbocycles. The maximum atomic E-state index is 12.3. The number of hydrogen-bond acceptors (Lipinski definition) is 6. The largest absolute Gasteiger partial charge is 0.382 e. The summed E-state index contributed by atoms with van der Waals surface area (Å²) < 4.78 is 5.48. The Balaban J connectivity index is 2.02. The highest BCUT2D eigenvalue weighted by atomic mass is 32.1. The van der Waals surface area contributed by atoms with Crippen LogP contribution in [0, 0.1) is 0 Å². The predicted octanol–water partition coefficient (Wildman–Crippen LogP) is 2.23. The van der Waals surface area contributed by atoms with Crippen LogP contribution in [0.15, 0.2) is 0 Å². The van der Waals surface area contributed by atoms with Crippen LogP contribution >= 0.6 is 11.3 Å². The summed E-state index contributed by atoms with van der Waals surface area (Å²) in [6.45, 7) is 8.81. The Hall–Kier alpha value is -1.34. The Morgan fingerprint density at radius 3 is 2.81 bits per heavy atom. The number of carbonyl (C=O) groups excluding carboxylic acids is 1. The first kappa shape index (κ1) is 16.0. The molecule has 1 fully saturated rings. The van der Waals surface area contributed by atoms with Crippen molar-refractivity contribution in [1.82, 2.24) is 10.3 Å². The van der Waals surface area contributed by atoms with Crippen molar-refractivity contribution < 1.29 is 9.53 Å². The standard InChI is InChI=1S/C14H24N4O2S/c1-8-7-9(5-6-20-8)16-12(19)10-11(15)17-13(21-10)18-14(2,3)4/h8-9H,5-7,15H2,1-4H3,(H,16,19)(H,17,18). The second kappa shape index (κ2) is 6.19. The maximum absolute atomic E-state index is 12.3. The second-order valence-corrected chi connectivity index (χ2v) is 7.48. The summed E-state index contributed by atoms with van der Waals surface area (Å²) in [6.07, 6.45) is 1.85. The molecule has 1 aromatic rings. The normalized spacial score (nSPS) is 22.9. The van der Waals surface area contributed by atoms with E-state index in [2.05, 4.69) is 15.6 Å². The third-order valence-corrected chi connectivity index (χ3v) is 4.15. The van der Waals surface area contributed by atoms with Crippen LogP contribution in [0.5, 0.6) is 0 Å². The number of nitrogen functional groups attached to an aromatic ring is 1. The van der Waals surface area contributed by atoms with E-state index in [4.69, 9.17) is 10.5 Å². The SMILES string of the molecule is CC1CC(NC(=O)c2sc(NC(C)(C)C)nc2N)CCO1. The van der Waals surface area contributed by atoms with Gasteiger partial charge in [0, 0.05) is 18.2 Å². The minimum absolute atomic E-state index is 0.117. The Labute approximate surface area is 129 Å². The smallest absolute Gasteiger partial charge is 0.265 e. The van der Waals surface area contributed by atoms with Crippen molar-refractivity contribution >= 4 is 28.2 Å². The van der Waals surface area contributed by atoms with Gasteiger partial charge in [0.15, 0.2) is 5.13 Å². The Morgan fingerprint density at radius 2 is 2.19 bits per heavy atom. The highest BCUT2D eigenvalue weighted by molar-refractivity contribution is 7.18. The van der Waals surface area contributed by atoms with Crippen LogP contribution in [0.3, 0.4) is 0 Å². The minimum Gasteiger partial charge on any atom is -0.382 e. The lowest BCUT2D eigenvalue weighted by molar-refractivity contribution is 0.0137. The summed E-state index contributed by atoms with van der Waals surface area (Å²) >= 11 is 1.29. The van der Waals surface area contributed by atoms with Gasteiger partial charge in [-0.3, -0.25) is 4.79 Å². The van der Waals surface area contributed by atoms with Crippen molar-refractivity contribution in [3.8, 4) is 0 Å². The van der Waals surface area contributed by atoms with E-state index in [1.54, 1.807) is 0 Å². The van der Waals surface area contributed by atoms with Crippen LogP contribution in [0.2, 0.25) is 0 Å². The van der Waals surface area contributed by atoms with Crippen molar-refractivity contribution in [2.75, 3.05) is 17.7 Å². The lowest BCUT2D eigenvalue weighted by atomic mass is 10.0. The van der Waals surface area contributed by atoms with Gasteiger partial charge in [-0.25, -0.2) is 4.98 Å². The van der Waals surface area contributed by atoms with Gasteiger partial charge in [-0.1, -0.05) is 11.3 Å². The maximum Gasteiger partial charge on any atom is 0.265 e. The zero-order valence-electron chi connectivity index (χ0n) is 13.0. The molecule has 6 nitrogen and oxygen atoms in total. The van der Waals surface area contributed by atoms with E-state index in [-0.39, 0.29) is 29.4 Å². The van der Waals surface area contributed by atoms with Crippen molar-refractivity contribution in [1.29, 1.82) is 0 Å². The monoisotopic (exact) mass is 312 g/mol. The van der Waals surface area contributed by atoms with Crippen LogP contribution in [0.1, 0.15) is 50.2 Å².